The van der Waals surface area contributed by atoms with E-state index in [2.05, 4.69) is 73.0 Å². The summed E-state index contributed by atoms with van der Waals surface area (Å²) >= 11 is 0. The standard InChI is InChI=1S/C17H17N/c1-13-10-11-14(2)18(13)12-16-8-5-7-15-6-3-4-9-17(15)16/h3-11H,12H2,1-2H3. The molecule has 18 heavy (non-hydrogen) atoms. The molecular formula is C17H17N. The van der Waals surface area contributed by atoms with E-state index >= 15 is 0 Å². The zero-order valence-corrected chi connectivity index (χ0v) is 10.9. The van der Waals surface area contributed by atoms with Gasteiger partial charge in [0.05, 0.1) is 0 Å². The normalized spacial score (nSPS) is 11.0. The van der Waals surface area contributed by atoms with Crippen LogP contribution in [0.2, 0.25) is 0 Å². The Balaban J connectivity index is 2.11. The number of hydrogen-bond acceptors (Lipinski definition) is 0. The summed E-state index contributed by atoms with van der Waals surface area (Å²) in [6.07, 6.45) is 0. The quantitative estimate of drug-likeness (QED) is 0.624. The van der Waals surface area contributed by atoms with E-state index in [9.17, 15) is 0 Å². The molecule has 0 N–H and O–H groups in total. The third kappa shape index (κ3) is 1.82. The third-order valence-electron chi connectivity index (χ3n) is 3.63. The molecule has 0 saturated carbocycles. The molecule has 2 aromatic carbocycles. The van der Waals surface area contributed by atoms with Crippen molar-refractivity contribution in [3.05, 3.63) is 71.5 Å². The highest BCUT2D eigenvalue weighted by atomic mass is 15.0. The fourth-order valence-corrected chi connectivity index (χ4v) is 2.55. The van der Waals surface area contributed by atoms with Gasteiger partial charge in [-0.2, -0.15) is 0 Å². The molecule has 3 aromatic rings. The number of hydrogen-bond donors (Lipinski definition) is 0. The second kappa shape index (κ2) is 4.34. The van der Waals surface area contributed by atoms with Crippen molar-refractivity contribution < 1.29 is 0 Å². The van der Waals surface area contributed by atoms with Crippen LogP contribution in [0.5, 0.6) is 0 Å². The van der Waals surface area contributed by atoms with E-state index in [0.29, 0.717) is 0 Å². The van der Waals surface area contributed by atoms with Crippen LogP contribution in [-0.2, 0) is 6.54 Å². The average molecular weight is 235 g/mol. The molecule has 1 heteroatoms. The maximum atomic E-state index is 2.36. The lowest BCUT2D eigenvalue weighted by atomic mass is 10.0. The number of benzene rings is 2. The van der Waals surface area contributed by atoms with Gasteiger partial charge in [0.15, 0.2) is 0 Å². The summed E-state index contributed by atoms with van der Waals surface area (Å²) < 4.78 is 2.36. The first-order chi connectivity index (χ1) is 8.75. The zero-order chi connectivity index (χ0) is 12.5. The van der Waals surface area contributed by atoms with Crippen LogP contribution < -0.4 is 0 Å². The highest BCUT2D eigenvalue weighted by molar-refractivity contribution is 5.85. The average Bonchev–Trinajstić information content (AvgIpc) is 2.71. The van der Waals surface area contributed by atoms with Crippen LogP contribution in [0.3, 0.4) is 0 Å². The predicted octanol–water partition coefficient (Wildman–Crippen LogP) is 4.31. The van der Waals surface area contributed by atoms with E-state index in [1.54, 1.807) is 0 Å². The molecule has 3 rings (SSSR count). The Labute approximate surface area is 108 Å². The molecule has 0 aliphatic heterocycles. The molecule has 0 aliphatic rings. The third-order valence-corrected chi connectivity index (χ3v) is 3.63. The highest BCUT2D eigenvalue weighted by Gasteiger charge is 2.04. The number of rotatable bonds is 2. The van der Waals surface area contributed by atoms with Crippen LogP contribution in [0, 0.1) is 13.8 Å². The molecule has 0 amide bonds. The zero-order valence-electron chi connectivity index (χ0n) is 10.9. The topological polar surface area (TPSA) is 4.93 Å². The Bertz CT molecular complexity index is 667. The minimum atomic E-state index is 0.950. The van der Waals surface area contributed by atoms with Gasteiger partial charge in [0, 0.05) is 17.9 Å². The fourth-order valence-electron chi connectivity index (χ4n) is 2.55. The van der Waals surface area contributed by atoms with Gasteiger partial charge in [-0.1, -0.05) is 42.5 Å². The van der Waals surface area contributed by atoms with Gasteiger partial charge in [0.25, 0.3) is 0 Å². The van der Waals surface area contributed by atoms with Crippen LogP contribution >= 0.6 is 0 Å². The van der Waals surface area contributed by atoms with Crippen LogP contribution in [0.25, 0.3) is 10.8 Å². The molecule has 0 aliphatic carbocycles. The molecule has 0 fully saturated rings. The predicted molar refractivity (Wildman–Crippen MR) is 77.0 cm³/mol. The Morgan fingerprint density at radius 1 is 0.778 bits per heavy atom. The van der Waals surface area contributed by atoms with Gasteiger partial charge >= 0.3 is 0 Å². The number of fused-ring (bicyclic) bond motifs is 1. The second-order valence-corrected chi connectivity index (χ2v) is 4.84. The number of nitrogens with zero attached hydrogens (tertiary/aromatic N) is 1. The number of aryl methyl sites for hydroxylation is 2. The molecule has 0 bridgehead atoms. The van der Waals surface area contributed by atoms with Gasteiger partial charge in [0.1, 0.15) is 0 Å². The Morgan fingerprint density at radius 2 is 1.44 bits per heavy atom. The smallest absolute Gasteiger partial charge is 0.0481 e. The van der Waals surface area contributed by atoms with E-state index < -0.39 is 0 Å². The molecule has 0 spiro atoms. The van der Waals surface area contributed by atoms with Gasteiger partial charge in [-0.25, -0.2) is 0 Å². The van der Waals surface area contributed by atoms with Gasteiger partial charge in [-0.3, -0.25) is 0 Å². The van der Waals surface area contributed by atoms with Crippen LogP contribution in [0.15, 0.2) is 54.6 Å². The summed E-state index contributed by atoms with van der Waals surface area (Å²) in [5.74, 6) is 0. The first-order valence-corrected chi connectivity index (χ1v) is 6.35. The van der Waals surface area contributed by atoms with Crippen LogP contribution in [0.4, 0.5) is 0 Å². The summed E-state index contributed by atoms with van der Waals surface area (Å²) in [5.41, 5.74) is 4.02. The van der Waals surface area contributed by atoms with Gasteiger partial charge in [-0.15, -0.1) is 0 Å². The molecule has 90 valence electrons. The molecule has 0 atom stereocenters. The molecule has 1 nitrogen and oxygen atoms in total. The largest absolute Gasteiger partial charge is 0.345 e. The van der Waals surface area contributed by atoms with Crippen molar-refractivity contribution in [2.45, 2.75) is 20.4 Å². The highest BCUT2D eigenvalue weighted by Crippen LogP contribution is 2.20. The lowest BCUT2D eigenvalue weighted by molar-refractivity contribution is 0.754. The van der Waals surface area contributed by atoms with Crippen molar-refractivity contribution in [1.82, 2.24) is 4.57 Å². The first-order valence-electron chi connectivity index (χ1n) is 6.35. The molecule has 0 unspecified atom stereocenters. The van der Waals surface area contributed by atoms with E-state index in [1.165, 1.54) is 27.7 Å². The molecule has 1 heterocycles. The van der Waals surface area contributed by atoms with Gasteiger partial charge < -0.3 is 4.57 Å². The van der Waals surface area contributed by atoms with Crippen molar-refractivity contribution in [2.75, 3.05) is 0 Å². The summed E-state index contributed by atoms with van der Waals surface area (Å²) in [6.45, 7) is 5.28. The molecular weight excluding hydrogens is 218 g/mol. The molecule has 0 radical (unpaired) electrons. The maximum Gasteiger partial charge on any atom is 0.0481 e. The Hall–Kier alpha value is -2.02. The summed E-state index contributed by atoms with van der Waals surface area (Å²) in [4.78, 5) is 0. The fraction of sp³-hybridized carbons (Fsp3) is 0.176. The monoisotopic (exact) mass is 235 g/mol. The van der Waals surface area contributed by atoms with E-state index in [4.69, 9.17) is 0 Å². The maximum absolute atomic E-state index is 2.36. The number of aromatic nitrogens is 1. The van der Waals surface area contributed by atoms with E-state index in [0.717, 1.165) is 6.54 Å². The Kier molecular flexibility index (Phi) is 2.67. The lowest BCUT2D eigenvalue weighted by Gasteiger charge is -2.11. The second-order valence-electron chi connectivity index (χ2n) is 4.84. The molecule has 0 saturated heterocycles. The first kappa shape index (κ1) is 11.1. The van der Waals surface area contributed by atoms with Crippen molar-refractivity contribution in [3.63, 3.8) is 0 Å². The SMILES string of the molecule is Cc1ccc(C)n1Cc1cccc2ccccc12. The summed E-state index contributed by atoms with van der Waals surface area (Å²) in [6, 6.07) is 19.5. The van der Waals surface area contributed by atoms with E-state index in [1.807, 2.05) is 0 Å². The summed E-state index contributed by atoms with van der Waals surface area (Å²) in [5, 5.41) is 2.67. The lowest BCUT2D eigenvalue weighted by Crippen LogP contribution is -2.03. The van der Waals surface area contributed by atoms with Crippen molar-refractivity contribution >= 4 is 10.8 Å². The molecule has 1 aromatic heterocycles. The minimum absolute atomic E-state index is 0.950. The minimum Gasteiger partial charge on any atom is -0.345 e. The van der Waals surface area contributed by atoms with Gasteiger partial charge in [0.2, 0.25) is 0 Å². The van der Waals surface area contributed by atoms with Crippen LogP contribution in [0.1, 0.15) is 17.0 Å². The van der Waals surface area contributed by atoms with Gasteiger partial charge in [-0.05, 0) is 42.3 Å². The van der Waals surface area contributed by atoms with Crippen LogP contribution in [-0.4, -0.2) is 4.57 Å². The Morgan fingerprint density at radius 3 is 2.22 bits per heavy atom. The van der Waals surface area contributed by atoms with E-state index in [-0.39, 0.29) is 0 Å². The van der Waals surface area contributed by atoms with Crippen molar-refractivity contribution in [2.24, 2.45) is 0 Å². The van der Waals surface area contributed by atoms with Crippen molar-refractivity contribution in [3.8, 4) is 0 Å². The van der Waals surface area contributed by atoms with Crippen molar-refractivity contribution in [1.29, 1.82) is 0 Å². The summed E-state index contributed by atoms with van der Waals surface area (Å²) in [7, 11) is 0.